The molecule has 0 N–H and O–H groups in total. The molecular formula is C23H19N. The van der Waals surface area contributed by atoms with Crippen molar-refractivity contribution in [3.05, 3.63) is 71.8 Å². The molecule has 0 spiro atoms. The molecule has 0 aliphatic heterocycles. The summed E-state index contributed by atoms with van der Waals surface area (Å²) in [5.74, 6) is 0. The summed E-state index contributed by atoms with van der Waals surface area (Å²) in [6.07, 6.45) is 0. The van der Waals surface area contributed by atoms with Crippen LogP contribution in [-0.2, 0) is 7.05 Å². The lowest BCUT2D eigenvalue weighted by molar-refractivity contribution is 1.02. The van der Waals surface area contributed by atoms with Crippen LogP contribution >= 0.6 is 0 Å². The van der Waals surface area contributed by atoms with Crippen molar-refractivity contribution in [2.75, 3.05) is 0 Å². The van der Waals surface area contributed by atoms with E-state index in [1.54, 1.807) is 0 Å². The van der Waals surface area contributed by atoms with Gasteiger partial charge in [-0.15, -0.1) is 0 Å². The predicted octanol–water partition coefficient (Wildman–Crippen LogP) is 6.25. The summed E-state index contributed by atoms with van der Waals surface area (Å²) in [6.45, 7) is 4.41. The van der Waals surface area contributed by atoms with Crippen LogP contribution in [0, 0.1) is 13.8 Å². The molecule has 0 unspecified atom stereocenters. The quantitative estimate of drug-likeness (QED) is 0.298. The molecule has 0 aliphatic rings. The maximum Gasteiger partial charge on any atom is 0.0575 e. The van der Waals surface area contributed by atoms with Crippen molar-refractivity contribution in [3.63, 3.8) is 0 Å². The fourth-order valence-electron chi connectivity index (χ4n) is 4.15. The SMILES string of the molecule is Cc1cc2c3ccccc3c3c4ccccc4n(C)c3c2cc1C. The first kappa shape index (κ1) is 13.6. The van der Waals surface area contributed by atoms with E-state index in [-0.39, 0.29) is 0 Å². The number of para-hydroxylation sites is 1. The highest BCUT2D eigenvalue weighted by Crippen LogP contribution is 2.40. The molecule has 1 aromatic heterocycles. The van der Waals surface area contributed by atoms with Crippen molar-refractivity contribution >= 4 is 43.4 Å². The Morgan fingerprint density at radius 1 is 0.625 bits per heavy atom. The highest BCUT2D eigenvalue weighted by molar-refractivity contribution is 6.31. The Hall–Kier alpha value is -2.80. The van der Waals surface area contributed by atoms with E-state index in [9.17, 15) is 0 Å². The predicted molar refractivity (Wildman–Crippen MR) is 105 cm³/mol. The van der Waals surface area contributed by atoms with Crippen LogP contribution in [0.4, 0.5) is 0 Å². The number of aromatic nitrogens is 1. The number of fused-ring (bicyclic) bond motifs is 8. The molecule has 0 bridgehead atoms. The Morgan fingerprint density at radius 2 is 1.21 bits per heavy atom. The standard InChI is InChI=1S/C23H19N/c1-14-12-19-16-8-4-5-9-17(16)22-18-10-6-7-11-21(18)24(3)23(22)20(19)13-15(14)2/h4-13H,1-3H3. The van der Waals surface area contributed by atoms with Crippen molar-refractivity contribution in [2.24, 2.45) is 7.05 Å². The van der Waals surface area contributed by atoms with Gasteiger partial charge >= 0.3 is 0 Å². The van der Waals surface area contributed by atoms with Crippen LogP contribution in [0.3, 0.4) is 0 Å². The summed E-state index contributed by atoms with van der Waals surface area (Å²) < 4.78 is 2.36. The maximum absolute atomic E-state index is 2.36. The van der Waals surface area contributed by atoms with Crippen molar-refractivity contribution in [1.82, 2.24) is 4.57 Å². The first-order valence-corrected chi connectivity index (χ1v) is 8.45. The summed E-state index contributed by atoms with van der Waals surface area (Å²) in [5, 5.41) is 8.11. The smallest absolute Gasteiger partial charge is 0.0575 e. The minimum Gasteiger partial charge on any atom is -0.343 e. The normalized spacial score (nSPS) is 12.0. The zero-order valence-corrected chi connectivity index (χ0v) is 14.2. The highest BCUT2D eigenvalue weighted by Gasteiger charge is 2.16. The third-order valence-electron chi connectivity index (χ3n) is 5.48. The average molecular weight is 309 g/mol. The fourth-order valence-corrected chi connectivity index (χ4v) is 4.15. The molecule has 1 heterocycles. The summed E-state index contributed by atoms with van der Waals surface area (Å²) >= 11 is 0. The van der Waals surface area contributed by atoms with Gasteiger partial charge in [0.05, 0.1) is 5.52 Å². The van der Waals surface area contributed by atoms with Crippen LogP contribution in [0.2, 0.25) is 0 Å². The van der Waals surface area contributed by atoms with Gasteiger partial charge in [-0.2, -0.15) is 0 Å². The van der Waals surface area contributed by atoms with E-state index in [0.29, 0.717) is 0 Å². The number of nitrogens with zero attached hydrogens (tertiary/aromatic N) is 1. The summed E-state index contributed by atoms with van der Waals surface area (Å²) in [5.41, 5.74) is 5.34. The van der Waals surface area contributed by atoms with Gasteiger partial charge in [-0.25, -0.2) is 0 Å². The first-order chi connectivity index (χ1) is 11.7. The largest absolute Gasteiger partial charge is 0.343 e. The van der Waals surface area contributed by atoms with Crippen molar-refractivity contribution in [3.8, 4) is 0 Å². The molecule has 0 fully saturated rings. The molecule has 4 aromatic carbocycles. The molecule has 0 aliphatic carbocycles. The molecule has 24 heavy (non-hydrogen) atoms. The number of aryl methyl sites for hydroxylation is 3. The second-order valence-electron chi connectivity index (χ2n) is 6.83. The van der Waals surface area contributed by atoms with Crippen molar-refractivity contribution in [2.45, 2.75) is 13.8 Å². The third kappa shape index (κ3) is 1.59. The maximum atomic E-state index is 2.36. The number of hydrogen-bond donors (Lipinski definition) is 0. The van der Waals surface area contributed by atoms with E-state index in [4.69, 9.17) is 0 Å². The molecule has 0 amide bonds. The molecule has 0 saturated carbocycles. The molecule has 1 heteroatoms. The topological polar surface area (TPSA) is 4.93 Å². The lowest BCUT2D eigenvalue weighted by atomic mass is 9.94. The molecule has 1 nitrogen and oxygen atoms in total. The first-order valence-electron chi connectivity index (χ1n) is 8.45. The van der Waals surface area contributed by atoms with E-state index in [1.165, 1.54) is 54.5 Å². The molecule has 116 valence electrons. The number of rotatable bonds is 0. The molecule has 0 atom stereocenters. The van der Waals surface area contributed by atoms with Crippen LogP contribution in [0.1, 0.15) is 11.1 Å². The summed E-state index contributed by atoms with van der Waals surface area (Å²) in [6, 6.07) is 22.3. The third-order valence-corrected chi connectivity index (χ3v) is 5.48. The van der Waals surface area contributed by atoms with Gasteiger partial charge in [0.2, 0.25) is 0 Å². The van der Waals surface area contributed by atoms with Gasteiger partial charge in [-0.3, -0.25) is 0 Å². The zero-order valence-electron chi connectivity index (χ0n) is 14.2. The van der Waals surface area contributed by atoms with Crippen molar-refractivity contribution in [1.29, 1.82) is 0 Å². The molecular weight excluding hydrogens is 290 g/mol. The van der Waals surface area contributed by atoms with Crippen molar-refractivity contribution < 1.29 is 0 Å². The Labute approximate surface area is 141 Å². The fraction of sp³-hybridized carbons (Fsp3) is 0.130. The average Bonchev–Trinajstić information content (AvgIpc) is 2.91. The van der Waals surface area contributed by atoms with E-state index >= 15 is 0 Å². The summed E-state index contributed by atoms with van der Waals surface area (Å²) in [7, 11) is 2.19. The van der Waals surface area contributed by atoms with Crippen LogP contribution < -0.4 is 0 Å². The second-order valence-corrected chi connectivity index (χ2v) is 6.83. The minimum atomic E-state index is 1.29. The lowest BCUT2D eigenvalue weighted by Gasteiger charge is -2.11. The Kier molecular flexibility index (Phi) is 2.62. The molecule has 5 aromatic rings. The van der Waals surface area contributed by atoms with Crippen LogP contribution in [0.15, 0.2) is 60.7 Å². The lowest BCUT2D eigenvalue weighted by Crippen LogP contribution is -1.91. The van der Waals surface area contributed by atoms with E-state index in [0.717, 1.165) is 0 Å². The van der Waals surface area contributed by atoms with Crippen LogP contribution in [0.25, 0.3) is 43.4 Å². The molecule has 5 rings (SSSR count). The minimum absolute atomic E-state index is 1.29. The molecule has 0 radical (unpaired) electrons. The van der Waals surface area contributed by atoms with Crippen LogP contribution in [0.5, 0.6) is 0 Å². The van der Waals surface area contributed by atoms with Gasteiger partial charge in [0.1, 0.15) is 0 Å². The molecule has 0 saturated heterocycles. The Morgan fingerprint density at radius 3 is 1.96 bits per heavy atom. The van der Waals surface area contributed by atoms with E-state index in [1.807, 2.05) is 0 Å². The number of hydrogen-bond acceptors (Lipinski definition) is 0. The number of benzene rings is 4. The van der Waals surface area contributed by atoms with Gasteiger partial charge in [0.15, 0.2) is 0 Å². The van der Waals surface area contributed by atoms with Gasteiger partial charge < -0.3 is 4.57 Å². The zero-order chi connectivity index (χ0) is 16.4. The van der Waals surface area contributed by atoms with Gasteiger partial charge in [0.25, 0.3) is 0 Å². The Bertz CT molecular complexity index is 1270. The summed E-state index contributed by atoms with van der Waals surface area (Å²) in [4.78, 5) is 0. The van der Waals surface area contributed by atoms with Crippen LogP contribution in [-0.4, -0.2) is 4.57 Å². The second kappa shape index (κ2) is 4.61. The van der Waals surface area contributed by atoms with E-state index < -0.39 is 0 Å². The van der Waals surface area contributed by atoms with Gasteiger partial charge in [-0.1, -0.05) is 48.5 Å². The van der Waals surface area contributed by atoms with E-state index in [2.05, 4.69) is 86.1 Å². The monoisotopic (exact) mass is 309 g/mol. The van der Waals surface area contributed by atoms with Gasteiger partial charge in [-0.05, 0) is 53.3 Å². The Balaban J connectivity index is 2.25. The highest BCUT2D eigenvalue weighted by atomic mass is 14.9. The van der Waals surface area contributed by atoms with Gasteiger partial charge in [0, 0.05) is 28.7 Å².